The topological polar surface area (TPSA) is 46.2 Å². The molecule has 0 radical (unpaired) electrons. The molecule has 3 nitrogen and oxygen atoms in total. The fourth-order valence-electron chi connectivity index (χ4n) is 0.659. The Hall–Kier alpha value is -0.350. The highest BCUT2D eigenvalue weighted by molar-refractivity contribution is 7.89. The lowest BCUT2D eigenvalue weighted by Gasteiger charge is -2.08. The molecule has 0 aromatic heterocycles. The summed E-state index contributed by atoms with van der Waals surface area (Å²) in [5, 5.41) is 0. The summed E-state index contributed by atoms with van der Waals surface area (Å²) in [6.45, 7) is 7.06. The summed E-state index contributed by atoms with van der Waals surface area (Å²) in [5.74, 6) is 0.186. The molecule has 1 atom stereocenters. The first-order valence-corrected chi connectivity index (χ1v) is 5.29. The van der Waals surface area contributed by atoms with Gasteiger partial charge in [-0.25, -0.2) is 13.1 Å². The van der Waals surface area contributed by atoms with E-state index in [1.54, 1.807) is 13.0 Å². The van der Waals surface area contributed by atoms with Crippen LogP contribution in [0, 0.1) is 0 Å². The molecule has 1 unspecified atom stereocenters. The van der Waals surface area contributed by atoms with E-state index < -0.39 is 10.0 Å². The van der Waals surface area contributed by atoms with E-state index in [2.05, 4.69) is 11.3 Å². The number of sulfonamides is 1. The van der Waals surface area contributed by atoms with Gasteiger partial charge in [-0.05, 0) is 13.3 Å². The number of rotatable bonds is 5. The van der Waals surface area contributed by atoms with Crippen LogP contribution in [0.4, 0.5) is 0 Å². The van der Waals surface area contributed by atoms with Crippen molar-refractivity contribution in [3.05, 3.63) is 12.7 Å². The molecule has 4 heteroatoms. The predicted molar refractivity (Wildman–Crippen MR) is 46.9 cm³/mol. The molecule has 0 saturated heterocycles. The fraction of sp³-hybridized carbons (Fsp3) is 0.714. The summed E-state index contributed by atoms with van der Waals surface area (Å²) in [6, 6.07) is -0.174. The monoisotopic (exact) mass is 177 g/mol. The van der Waals surface area contributed by atoms with Gasteiger partial charge in [-0.15, -0.1) is 6.58 Å². The zero-order chi connectivity index (χ0) is 8.91. The molecule has 0 aromatic carbocycles. The Kier molecular flexibility index (Phi) is 4.37. The molecule has 66 valence electrons. The summed E-state index contributed by atoms with van der Waals surface area (Å²) in [6.07, 6.45) is 2.20. The largest absolute Gasteiger partial charge is 0.212 e. The number of nitrogens with one attached hydrogen (secondary N) is 1. The smallest absolute Gasteiger partial charge is 0.212 e. The number of hydrogen-bond acceptors (Lipinski definition) is 2. The van der Waals surface area contributed by atoms with E-state index >= 15 is 0 Å². The van der Waals surface area contributed by atoms with Crippen LogP contribution in [0.5, 0.6) is 0 Å². The zero-order valence-corrected chi connectivity index (χ0v) is 7.82. The first-order chi connectivity index (χ1) is 5.02. The van der Waals surface area contributed by atoms with E-state index in [-0.39, 0.29) is 11.8 Å². The minimum absolute atomic E-state index is 0.174. The maximum atomic E-state index is 11.0. The van der Waals surface area contributed by atoms with Gasteiger partial charge in [0.25, 0.3) is 0 Å². The second-order valence-corrected chi connectivity index (χ2v) is 4.33. The van der Waals surface area contributed by atoms with Crippen LogP contribution in [0.3, 0.4) is 0 Å². The van der Waals surface area contributed by atoms with Crippen LogP contribution in [0.2, 0.25) is 0 Å². The summed E-state index contributed by atoms with van der Waals surface area (Å²) in [7, 11) is -3.06. The van der Waals surface area contributed by atoms with Crippen LogP contribution >= 0.6 is 0 Å². The summed E-state index contributed by atoms with van der Waals surface area (Å²) >= 11 is 0. The van der Waals surface area contributed by atoms with Crippen molar-refractivity contribution < 1.29 is 8.42 Å². The minimum Gasteiger partial charge on any atom is -0.212 e. The maximum absolute atomic E-state index is 11.0. The van der Waals surface area contributed by atoms with Gasteiger partial charge in [0.1, 0.15) is 0 Å². The third-order valence-corrected chi connectivity index (χ3v) is 2.87. The molecular formula is C7H15NO2S. The molecule has 0 aliphatic rings. The third-order valence-electron chi connectivity index (χ3n) is 1.19. The highest BCUT2D eigenvalue weighted by Gasteiger charge is 2.09. The summed E-state index contributed by atoms with van der Waals surface area (Å²) in [5.41, 5.74) is 0. The van der Waals surface area contributed by atoms with Crippen molar-refractivity contribution in [3.8, 4) is 0 Å². The molecule has 0 aliphatic heterocycles. The molecule has 0 saturated carbocycles. The van der Waals surface area contributed by atoms with Gasteiger partial charge in [0.15, 0.2) is 0 Å². The van der Waals surface area contributed by atoms with E-state index in [0.29, 0.717) is 6.42 Å². The molecule has 0 rings (SSSR count). The van der Waals surface area contributed by atoms with Crippen LogP contribution in [0.1, 0.15) is 20.3 Å². The van der Waals surface area contributed by atoms with E-state index in [4.69, 9.17) is 0 Å². The van der Waals surface area contributed by atoms with E-state index in [1.807, 2.05) is 6.92 Å². The highest BCUT2D eigenvalue weighted by atomic mass is 32.2. The quantitative estimate of drug-likeness (QED) is 0.634. The second-order valence-electron chi connectivity index (χ2n) is 2.46. The van der Waals surface area contributed by atoms with Crippen LogP contribution in [-0.2, 0) is 10.0 Å². The molecule has 0 amide bonds. The fourth-order valence-corrected chi connectivity index (χ4v) is 1.98. The molecule has 11 heavy (non-hydrogen) atoms. The van der Waals surface area contributed by atoms with Crippen molar-refractivity contribution in [2.75, 3.05) is 5.75 Å². The molecular weight excluding hydrogens is 162 g/mol. The lowest BCUT2D eigenvalue weighted by molar-refractivity contribution is 0.575. The molecule has 0 heterocycles. The Morgan fingerprint density at radius 1 is 1.64 bits per heavy atom. The Bertz CT molecular complexity index is 208. The molecule has 0 bridgehead atoms. The molecule has 1 N–H and O–H groups in total. The maximum Gasteiger partial charge on any atom is 0.212 e. The summed E-state index contributed by atoms with van der Waals surface area (Å²) < 4.78 is 24.5. The average molecular weight is 177 g/mol. The molecule has 0 aliphatic carbocycles. The van der Waals surface area contributed by atoms with Gasteiger partial charge in [-0.3, -0.25) is 0 Å². The number of hydrogen-bond donors (Lipinski definition) is 1. The van der Waals surface area contributed by atoms with Crippen LogP contribution < -0.4 is 4.72 Å². The normalized spacial score (nSPS) is 14.4. The second kappa shape index (κ2) is 4.51. The van der Waals surface area contributed by atoms with Crippen LogP contribution in [-0.4, -0.2) is 20.2 Å². The van der Waals surface area contributed by atoms with Crippen LogP contribution in [0.15, 0.2) is 12.7 Å². The van der Waals surface area contributed by atoms with Crippen molar-refractivity contribution in [3.63, 3.8) is 0 Å². The van der Waals surface area contributed by atoms with Crippen LogP contribution in [0.25, 0.3) is 0 Å². The molecule has 0 spiro atoms. The Labute approximate surface area is 68.5 Å². The van der Waals surface area contributed by atoms with Crippen molar-refractivity contribution >= 4 is 10.0 Å². The van der Waals surface area contributed by atoms with E-state index in [9.17, 15) is 8.42 Å². The average Bonchev–Trinajstić information content (AvgIpc) is 1.86. The zero-order valence-electron chi connectivity index (χ0n) is 7.00. The van der Waals surface area contributed by atoms with Gasteiger partial charge in [0.05, 0.1) is 5.75 Å². The van der Waals surface area contributed by atoms with Crippen molar-refractivity contribution in [2.24, 2.45) is 0 Å². The van der Waals surface area contributed by atoms with Crippen molar-refractivity contribution in [2.45, 2.75) is 26.3 Å². The SMILES string of the molecule is C=CC(C)NS(=O)(=O)CCC. The van der Waals surface area contributed by atoms with Crippen molar-refractivity contribution in [1.82, 2.24) is 4.72 Å². The van der Waals surface area contributed by atoms with Gasteiger partial charge in [0.2, 0.25) is 10.0 Å². The van der Waals surface area contributed by atoms with Crippen molar-refractivity contribution in [1.29, 1.82) is 0 Å². The van der Waals surface area contributed by atoms with Gasteiger partial charge in [-0.1, -0.05) is 13.0 Å². The van der Waals surface area contributed by atoms with E-state index in [1.165, 1.54) is 0 Å². The predicted octanol–water partition coefficient (Wildman–Crippen LogP) is 0.890. The lowest BCUT2D eigenvalue weighted by atomic mass is 10.4. The first-order valence-electron chi connectivity index (χ1n) is 3.64. The Morgan fingerprint density at radius 3 is 2.55 bits per heavy atom. The van der Waals surface area contributed by atoms with Gasteiger partial charge in [-0.2, -0.15) is 0 Å². The third kappa shape index (κ3) is 4.98. The lowest BCUT2D eigenvalue weighted by Crippen LogP contribution is -2.32. The van der Waals surface area contributed by atoms with Gasteiger partial charge < -0.3 is 0 Å². The van der Waals surface area contributed by atoms with Gasteiger partial charge >= 0.3 is 0 Å². The highest BCUT2D eigenvalue weighted by Crippen LogP contribution is 1.92. The van der Waals surface area contributed by atoms with Gasteiger partial charge in [0, 0.05) is 6.04 Å². The minimum atomic E-state index is -3.06. The molecule has 0 aromatic rings. The Morgan fingerprint density at radius 2 is 2.18 bits per heavy atom. The summed E-state index contributed by atoms with van der Waals surface area (Å²) in [4.78, 5) is 0. The standard InChI is InChI=1S/C7H15NO2S/c1-4-6-11(9,10)8-7(3)5-2/h5,7-8H,2,4,6H2,1,3H3. The molecule has 0 fully saturated rings. The van der Waals surface area contributed by atoms with E-state index in [0.717, 1.165) is 0 Å². The Balaban J connectivity index is 4.02. The first kappa shape index (κ1) is 10.7.